The Morgan fingerprint density at radius 3 is 2.26 bits per heavy atom. The van der Waals surface area contributed by atoms with E-state index in [0.717, 1.165) is 0 Å². The number of rotatable bonds is 11. The molecule has 0 N–H and O–H groups in total. The van der Waals surface area contributed by atoms with Gasteiger partial charge in [-0.1, -0.05) is 13.0 Å². The third-order valence-electron chi connectivity index (χ3n) is 8.63. The van der Waals surface area contributed by atoms with Crippen LogP contribution in [0.4, 0.5) is 29.7 Å². The van der Waals surface area contributed by atoms with E-state index in [1.54, 1.807) is 31.2 Å². The van der Waals surface area contributed by atoms with E-state index in [1.807, 2.05) is 16.7 Å². The van der Waals surface area contributed by atoms with E-state index in [4.69, 9.17) is 18.9 Å². The van der Waals surface area contributed by atoms with Gasteiger partial charge in [0.25, 0.3) is 0 Å². The molecule has 0 aliphatic carbocycles. The van der Waals surface area contributed by atoms with Gasteiger partial charge < -0.3 is 33.6 Å². The van der Waals surface area contributed by atoms with Gasteiger partial charge in [-0.05, 0) is 37.6 Å². The topological polar surface area (TPSA) is 104 Å². The number of morpholine rings is 2. The predicted molar refractivity (Wildman–Crippen MR) is 166 cm³/mol. The Kier molecular flexibility index (Phi) is 11.0. The van der Waals surface area contributed by atoms with E-state index < -0.39 is 30.2 Å². The van der Waals surface area contributed by atoms with Crippen LogP contribution in [0.25, 0.3) is 0 Å². The van der Waals surface area contributed by atoms with Crippen LogP contribution in [0.5, 0.6) is 0 Å². The normalized spacial score (nSPS) is 23.5. The molecule has 3 atom stereocenters. The van der Waals surface area contributed by atoms with Crippen molar-refractivity contribution in [3.05, 3.63) is 47.7 Å². The molecular formula is C32H43F2N5O7. The molecule has 46 heavy (non-hydrogen) atoms. The summed E-state index contributed by atoms with van der Waals surface area (Å²) in [5.74, 6) is -0.944. The molecule has 1 aromatic carbocycles. The fraction of sp³-hybridized carbons (Fsp3) is 0.594. The molecule has 0 radical (unpaired) electrons. The van der Waals surface area contributed by atoms with Gasteiger partial charge in [0.15, 0.2) is 0 Å². The molecule has 2 unspecified atom stereocenters. The fourth-order valence-electron chi connectivity index (χ4n) is 6.03. The molecule has 4 saturated heterocycles. The molecule has 4 heterocycles. The molecule has 3 amide bonds. The Bertz CT molecular complexity index is 1330. The van der Waals surface area contributed by atoms with Crippen molar-refractivity contribution in [3.8, 4) is 0 Å². The van der Waals surface area contributed by atoms with Crippen molar-refractivity contribution in [1.29, 1.82) is 0 Å². The van der Waals surface area contributed by atoms with Crippen molar-refractivity contribution in [2.45, 2.75) is 45.4 Å². The van der Waals surface area contributed by atoms with Gasteiger partial charge in [-0.2, -0.15) is 0 Å². The van der Waals surface area contributed by atoms with Crippen molar-refractivity contribution >= 4 is 29.5 Å². The lowest BCUT2D eigenvalue weighted by atomic mass is 10.2. The summed E-state index contributed by atoms with van der Waals surface area (Å²) in [7, 11) is 0. The Labute approximate surface area is 268 Å². The van der Waals surface area contributed by atoms with E-state index in [0.29, 0.717) is 69.7 Å². The van der Waals surface area contributed by atoms with Crippen LogP contribution in [0.3, 0.4) is 0 Å². The number of nitrogens with zero attached hydrogens (tertiary/aromatic N) is 5. The molecule has 14 heteroatoms. The lowest BCUT2D eigenvalue weighted by Gasteiger charge is -2.30. The molecule has 252 valence electrons. The number of allylic oxidation sites excluding steroid dienone is 2. The molecule has 0 spiro atoms. The lowest BCUT2D eigenvalue weighted by Crippen LogP contribution is -2.43. The molecule has 0 aromatic heterocycles. The van der Waals surface area contributed by atoms with Crippen molar-refractivity contribution in [2.75, 3.05) is 88.6 Å². The van der Waals surface area contributed by atoms with Crippen molar-refractivity contribution in [3.63, 3.8) is 0 Å². The third kappa shape index (κ3) is 7.89. The van der Waals surface area contributed by atoms with Gasteiger partial charge >= 0.3 is 12.2 Å². The number of ether oxygens (including phenoxy) is 4. The van der Waals surface area contributed by atoms with Gasteiger partial charge in [0.2, 0.25) is 5.91 Å². The zero-order valence-electron chi connectivity index (χ0n) is 26.7. The van der Waals surface area contributed by atoms with E-state index in [9.17, 15) is 18.8 Å². The first kappa shape index (κ1) is 33.5. The van der Waals surface area contributed by atoms with E-state index in [1.165, 1.54) is 27.7 Å². The minimum absolute atomic E-state index is 0.0828. The molecule has 1 aromatic rings. The summed E-state index contributed by atoms with van der Waals surface area (Å²) in [6.07, 6.45) is 1.31. The summed E-state index contributed by atoms with van der Waals surface area (Å²) in [6, 6.07) is 4.26. The van der Waals surface area contributed by atoms with E-state index in [-0.39, 0.29) is 50.4 Å². The standard InChI is InChI=1S/C32H43F2N5O7/c1-4-27(33)29(35-9-13-43-14-10-35)7-5-22(2)38-20-25(45-31(38)41)18-37(23(3)40)19-26-21-39(32(42)46-26)24-6-8-30(28(34)17-24)36-11-15-44-16-12-36/h5-8,17,22,25-26H,4,9-16,18-21H2,1-3H3/b7-5-,29-27-/t22?,25?,26-/m0/s1. The summed E-state index contributed by atoms with van der Waals surface area (Å²) in [4.78, 5) is 46.3. The van der Waals surface area contributed by atoms with E-state index in [2.05, 4.69) is 0 Å². The number of hydrogen-bond donors (Lipinski definition) is 0. The van der Waals surface area contributed by atoms with Crippen LogP contribution in [0.15, 0.2) is 41.9 Å². The second kappa shape index (κ2) is 15.1. The lowest BCUT2D eigenvalue weighted by molar-refractivity contribution is -0.131. The number of cyclic esters (lactones) is 2. The van der Waals surface area contributed by atoms with E-state index >= 15 is 4.39 Å². The molecule has 5 rings (SSSR count). The van der Waals surface area contributed by atoms with Gasteiger partial charge in [0.1, 0.15) is 23.9 Å². The van der Waals surface area contributed by atoms with Crippen LogP contribution >= 0.6 is 0 Å². The number of carbonyl (C=O) groups is 3. The van der Waals surface area contributed by atoms with Gasteiger partial charge in [0.05, 0.1) is 75.7 Å². The van der Waals surface area contributed by atoms with Crippen molar-refractivity contribution in [1.82, 2.24) is 14.7 Å². The minimum Gasteiger partial charge on any atom is -0.442 e. The van der Waals surface area contributed by atoms with Crippen LogP contribution in [-0.4, -0.2) is 130 Å². The highest BCUT2D eigenvalue weighted by molar-refractivity contribution is 5.90. The van der Waals surface area contributed by atoms with Crippen molar-refractivity contribution < 1.29 is 42.1 Å². The van der Waals surface area contributed by atoms with Gasteiger partial charge in [-0.15, -0.1) is 0 Å². The molecule has 4 fully saturated rings. The molecule has 4 aliphatic rings. The Balaban J connectivity index is 1.17. The number of carbonyl (C=O) groups excluding carboxylic acids is 3. The van der Waals surface area contributed by atoms with Crippen molar-refractivity contribution in [2.24, 2.45) is 0 Å². The van der Waals surface area contributed by atoms with Gasteiger partial charge in [0, 0.05) is 33.1 Å². The summed E-state index contributed by atoms with van der Waals surface area (Å²) >= 11 is 0. The van der Waals surface area contributed by atoms with Crippen LogP contribution in [0.2, 0.25) is 0 Å². The summed E-state index contributed by atoms with van der Waals surface area (Å²) in [5.41, 5.74) is 1.30. The summed E-state index contributed by atoms with van der Waals surface area (Å²) in [5, 5.41) is 0. The number of halogens is 2. The zero-order valence-corrected chi connectivity index (χ0v) is 26.7. The van der Waals surface area contributed by atoms with Crippen LogP contribution in [0, 0.1) is 5.82 Å². The maximum atomic E-state index is 15.0. The first-order valence-corrected chi connectivity index (χ1v) is 15.9. The second-order valence-corrected chi connectivity index (χ2v) is 11.8. The highest BCUT2D eigenvalue weighted by Crippen LogP contribution is 2.29. The number of benzene rings is 1. The summed E-state index contributed by atoms with van der Waals surface area (Å²) in [6.45, 7) is 9.96. The first-order valence-electron chi connectivity index (χ1n) is 15.9. The predicted octanol–water partition coefficient (Wildman–Crippen LogP) is 3.52. The highest BCUT2D eigenvalue weighted by atomic mass is 19.1. The fourth-order valence-corrected chi connectivity index (χ4v) is 6.03. The Hall–Kier alpha value is -3.91. The maximum absolute atomic E-state index is 15.0. The highest BCUT2D eigenvalue weighted by Gasteiger charge is 2.38. The Morgan fingerprint density at radius 1 is 1.00 bits per heavy atom. The van der Waals surface area contributed by atoms with Gasteiger partial charge in [-0.3, -0.25) is 14.6 Å². The smallest absolute Gasteiger partial charge is 0.414 e. The molecular weight excluding hydrogens is 604 g/mol. The first-order chi connectivity index (χ1) is 22.1. The minimum atomic E-state index is -0.660. The van der Waals surface area contributed by atoms with Crippen LogP contribution in [0.1, 0.15) is 27.2 Å². The third-order valence-corrected chi connectivity index (χ3v) is 8.63. The monoisotopic (exact) mass is 647 g/mol. The zero-order chi connectivity index (χ0) is 32.8. The molecule has 12 nitrogen and oxygen atoms in total. The number of hydrogen-bond acceptors (Lipinski definition) is 9. The quantitative estimate of drug-likeness (QED) is 0.334. The second-order valence-electron chi connectivity index (χ2n) is 11.8. The van der Waals surface area contributed by atoms with Gasteiger partial charge in [-0.25, -0.2) is 18.4 Å². The number of amides is 3. The van der Waals surface area contributed by atoms with Crippen LogP contribution < -0.4 is 9.80 Å². The maximum Gasteiger partial charge on any atom is 0.414 e. The molecule has 4 aliphatic heterocycles. The van der Waals surface area contributed by atoms with Crippen LogP contribution in [-0.2, 0) is 23.7 Å². The average molecular weight is 648 g/mol. The summed E-state index contributed by atoms with van der Waals surface area (Å²) < 4.78 is 51.6. The Morgan fingerprint density at radius 2 is 1.63 bits per heavy atom. The SMILES string of the molecule is CC/C(F)=C(\C=C/C(C)N1CC(CN(C[C@H]2CN(c3ccc(N4CCOCC4)c(F)c3)C(=O)O2)C(C)=O)OC1=O)N1CCOCC1. The molecule has 0 bridgehead atoms. The largest absolute Gasteiger partial charge is 0.442 e. The average Bonchev–Trinajstić information content (AvgIpc) is 3.62. The molecule has 0 saturated carbocycles. The number of anilines is 2.